The smallest absolute Gasteiger partial charge is 0.125 e. The zero-order valence-electron chi connectivity index (χ0n) is 30.9. The predicted molar refractivity (Wildman–Crippen MR) is 194 cm³/mol. The van der Waals surface area contributed by atoms with Crippen LogP contribution in [-0.2, 0) is 0 Å². The molecule has 2 fully saturated rings. The van der Waals surface area contributed by atoms with E-state index in [0.29, 0.717) is 35.3 Å². The quantitative estimate of drug-likeness (QED) is 0.152. The molecule has 0 unspecified atom stereocenters. The number of nitrogens with two attached hydrogens (primary N) is 1. The van der Waals surface area contributed by atoms with Gasteiger partial charge >= 0.3 is 0 Å². The highest BCUT2D eigenvalue weighted by molar-refractivity contribution is 7.20. The largest absolute Gasteiger partial charge is 0.337 e. The third kappa shape index (κ3) is 7.83. The molecule has 2 saturated carbocycles. The Morgan fingerprint density at radius 3 is 0.865 bits per heavy atom. The second-order valence-electron chi connectivity index (χ2n) is 15.8. The molecule has 6 rings (SSSR count). The Balaban J connectivity index is 0.000000289. The monoisotopic (exact) mass is 729 g/mol. The Morgan fingerprint density at radius 2 is 0.635 bits per heavy atom. The minimum Gasteiger partial charge on any atom is -0.337 e. The first-order valence-electron chi connectivity index (χ1n) is 18.3. The fourth-order valence-corrected chi connectivity index (χ4v) is 9.32. The molecule has 2 aliphatic carbocycles. The van der Waals surface area contributed by atoms with Crippen LogP contribution in [0.15, 0.2) is 48.5 Å². The lowest BCUT2D eigenvalue weighted by Gasteiger charge is -2.48. The van der Waals surface area contributed by atoms with Crippen molar-refractivity contribution in [2.75, 3.05) is 0 Å². The van der Waals surface area contributed by atoms with Gasteiger partial charge in [0.25, 0.3) is 0 Å². The van der Waals surface area contributed by atoms with Crippen LogP contribution >= 0.6 is 0 Å². The van der Waals surface area contributed by atoms with Gasteiger partial charge < -0.3 is 5.32 Å². The summed E-state index contributed by atoms with van der Waals surface area (Å²) < 4.78 is 119. The molecule has 0 saturated heterocycles. The Bertz CT molecular complexity index is 1690. The average molecular weight is 730 g/mol. The van der Waals surface area contributed by atoms with Crippen molar-refractivity contribution in [3.8, 4) is 0 Å². The fraction of sp³-hybridized carbons (Fsp3) is 0.429. The molecule has 2 aliphatic rings. The van der Waals surface area contributed by atoms with E-state index in [1.165, 1.54) is 91.9 Å². The molecule has 0 bridgehead atoms. The summed E-state index contributed by atoms with van der Waals surface area (Å²) in [5.74, 6) is -8.71. The van der Waals surface area contributed by atoms with Crippen LogP contribution in [0.4, 0.5) is 35.1 Å². The molecule has 0 amide bonds. The van der Waals surface area contributed by atoms with Crippen molar-refractivity contribution in [1.82, 2.24) is 0 Å². The summed E-state index contributed by atoms with van der Waals surface area (Å²) >= 11 is 0. The van der Waals surface area contributed by atoms with Crippen LogP contribution in [0.2, 0.25) is 0 Å². The van der Waals surface area contributed by atoms with Crippen molar-refractivity contribution >= 4 is 28.0 Å². The van der Waals surface area contributed by atoms with Crippen molar-refractivity contribution in [3.05, 3.63) is 117 Å². The van der Waals surface area contributed by atoms with Crippen molar-refractivity contribution < 1.29 is 40.4 Å². The van der Waals surface area contributed by atoms with Gasteiger partial charge in [0.15, 0.2) is 0 Å². The Hall–Kier alpha value is -3.66. The molecule has 4 aromatic rings. The number of benzene rings is 4. The van der Waals surface area contributed by atoms with Gasteiger partial charge in [-0.25, -0.2) is 35.1 Å². The third-order valence-corrected chi connectivity index (χ3v) is 12.0. The second kappa shape index (κ2) is 15.4. The maximum atomic E-state index is 15.0. The molecule has 0 aromatic heterocycles. The first-order chi connectivity index (χ1) is 24.4. The van der Waals surface area contributed by atoms with Gasteiger partial charge in [-0.05, 0) is 89.5 Å². The van der Waals surface area contributed by atoms with E-state index in [0.717, 1.165) is 24.3 Å². The highest BCUT2D eigenvalue weighted by Gasteiger charge is 2.41. The Labute approximate surface area is 302 Å². The summed E-state index contributed by atoms with van der Waals surface area (Å²) in [6.07, 6.45) is 11.2. The SMILES string of the molecule is CC1([NH2+]C2(C)CCCCC2)CCCCC1.Cc1c(F)cc(F)cc1[B-](c1cc(F)cc(F)c1C)(c1cc(F)cc(F)c1C)c1cc(F)cc(F)c1C. The van der Waals surface area contributed by atoms with Crippen molar-refractivity contribution in [1.29, 1.82) is 0 Å². The fourth-order valence-electron chi connectivity index (χ4n) is 9.32. The Morgan fingerprint density at radius 1 is 0.404 bits per heavy atom. The van der Waals surface area contributed by atoms with Gasteiger partial charge in [0.05, 0.1) is 11.1 Å². The van der Waals surface area contributed by atoms with Crippen LogP contribution in [-0.4, -0.2) is 17.2 Å². The molecule has 0 heterocycles. The zero-order chi connectivity index (χ0) is 38.2. The lowest BCUT2D eigenvalue weighted by Crippen LogP contribution is -3.05. The van der Waals surface area contributed by atoms with Gasteiger partial charge in [-0.15, -0.1) is 0 Å². The second-order valence-corrected chi connectivity index (χ2v) is 15.8. The van der Waals surface area contributed by atoms with E-state index in [2.05, 4.69) is 19.2 Å². The summed E-state index contributed by atoms with van der Waals surface area (Å²) in [5, 5.41) is 2.76. The molecule has 2 N–H and O–H groups in total. The molecule has 1 nitrogen and oxygen atoms in total. The van der Waals surface area contributed by atoms with Crippen LogP contribution in [0.25, 0.3) is 0 Å². The topological polar surface area (TPSA) is 16.6 Å². The number of hydrogen-bond donors (Lipinski definition) is 1. The van der Waals surface area contributed by atoms with Gasteiger partial charge in [-0.3, -0.25) is 0 Å². The van der Waals surface area contributed by atoms with Crippen molar-refractivity contribution in [2.24, 2.45) is 0 Å². The van der Waals surface area contributed by atoms with E-state index in [1.54, 1.807) is 0 Å². The molecule has 0 aliphatic heterocycles. The van der Waals surface area contributed by atoms with Crippen LogP contribution in [0.1, 0.15) is 100 Å². The number of halogens is 8. The van der Waals surface area contributed by atoms with E-state index in [4.69, 9.17) is 0 Å². The molecule has 10 heteroatoms. The van der Waals surface area contributed by atoms with Crippen molar-refractivity contribution in [2.45, 2.75) is 117 Å². The van der Waals surface area contributed by atoms with E-state index >= 15 is 17.6 Å². The van der Waals surface area contributed by atoms with Gasteiger partial charge in [0, 0.05) is 49.9 Å². The molecule has 280 valence electrons. The summed E-state index contributed by atoms with van der Waals surface area (Å²) in [6.45, 7) is 9.96. The highest BCUT2D eigenvalue weighted by Crippen LogP contribution is 2.30. The molecule has 4 aromatic carbocycles. The van der Waals surface area contributed by atoms with E-state index in [-0.39, 0.29) is 44.1 Å². The standard InChI is InChI=1S/C28H20BF8.C14H27N/c1-13-21(5-17(30)9-25(13)34)29(22-6-18(31)10-26(35)14(22)2,23-7-19(32)11-27(36)15(23)3)24-8-20(33)12-28(37)16(24)4;1-13(9-5-3-6-10-13)15-14(2)11-7-4-8-12-14/h5-12H,1-4H3;15H,3-12H2,1-2H3/q-1;/p+1. The molecule has 0 spiro atoms. The summed E-state index contributed by atoms with van der Waals surface area (Å²) in [6, 6.07) is 5.67. The number of hydrogen-bond acceptors (Lipinski definition) is 0. The minimum atomic E-state index is -3.39. The first kappa shape index (κ1) is 39.6. The van der Waals surface area contributed by atoms with Crippen molar-refractivity contribution in [3.63, 3.8) is 0 Å². The number of rotatable bonds is 6. The molecule has 0 radical (unpaired) electrons. The Kier molecular flexibility index (Phi) is 11.7. The minimum absolute atomic E-state index is 0.237. The van der Waals surface area contributed by atoms with Gasteiger partial charge in [-0.1, -0.05) is 37.1 Å². The molecule has 52 heavy (non-hydrogen) atoms. The van der Waals surface area contributed by atoms with Gasteiger partial charge in [0.1, 0.15) is 52.7 Å². The van der Waals surface area contributed by atoms with E-state index < -0.39 is 52.7 Å². The molecule has 0 atom stereocenters. The van der Waals surface area contributed by atoms with Crippen LogP contribution in [0, 0.1) is 74.2 Å². The van der Waals surface area contributed by atoms with Crippen LogP contribution < -0.4 is 27.2 Å². The number of quaternary nitrogens is 1. The lowest BCUT2D eigenvalue weighted by atomic mass is 9.11. The molecular formula is C42H48BF8N. The summed E-state index contributed by atoms with van der Waals surface area (Å²) in [4.78, 5) is 0. The first-order valence-corrected chi connectivity index (χ1v) is 18.3. The maximum absolute atomic E-state index is 15.0. The average Bonchev–Trinajstić information content (AvgIpc) is 3.06. The van der Waals surface area contributed by atoms with E-state index in [1.807, 2.05) is 0 Å². The summed E-state index contributed by atoms with van der Waals surface area (Å²) in [7, 11) is 0. The summed E-state index contributed by atoms with van der Waals surface area (Å²) in [5.41, 5.74) is -0.944. The van der Waals surface area contributed by atoms with Gasteiger partial charge in [0.2, 0.25) is 0 Å². The predicted octanol–water partition coefficient (Wildman–Crippen LogP) is 8.41. The third-order valence-electron chi connectivity index (χ3n) is 12.0. The highest BCUT2D eigenvalue weighted by atomic mass is 19.2. The van der Waals surface area contributed by atoms with Crippen LogP contribution in [0.5, 0.6) is 0 Å². The van der Waals surface area contributed by atoms with Crippen LogP contribution in [0.3, 0.4) is 0 Å². The molecular weight excluding hydrogens is 681 g/mol. The van der Waals surface area contributed by atoms with E-state index in [9.17, 15) is 17.6 Å². The van der Waals surface area contributed by atoms with Gasteiger partial charge in [-0.2, -0.15) is 21.9 Å². The normalized spacial score (nSPS) is 17.0. The lowest BCUT2D eigenvalue weighted by molar-refractivity contribution is -0.789. The zero-order valence-corrected chi connectivity index (χ0v) is 30.9. The maximum Gasteiger partial charge on any atom is 0.125 e.